The molecule has 3 heteroatoms. The number of imidazole rings is 1. The Labute approximate surface area is 163 Å². The summed E-state index contributed by atoms with van der Waals surface area (Å²) in [7, 11) is 0. The molecule has 0 radical (unpaired) electrons. The fourth-order valence-corrected chi connectivity index (χ4v) is 4.11. The van der Waals surface area contributed by atoms with Gasteiger partial charge in [-0.3, -0.25) is 0 Å². The Kier molecular flexibility index (Phi) is 6.20. The van der Waals surface area contributed by atoms with Crippen molar-refractivity contribution in [3.8, 4) is 11.1 Å². The SMILES string of the molecule is CCCCCNc1nc2c(-c3c(C)cc(C)cc3C)cccc2n1CCC. The Morgan fingerprint density at radius 3 is 2.37 bits per heavy atom. The summed E-state index contributed by atoms with van der Waals surface area (Å²) in [5.74, 6) is 1.01. The molecule has 0 saturated heterocycles. The third-order valence-corrected chi connectivity index (χ3v) is 5.24. The number of rotatable bonds is 8. The smallest absolute Gasteiger partial charge is 0.203 e. The quantitative estimate of drug-likeness (QED) is 0.455. The molecular weight excluding hydrogens is 330 g/mol. The summed E-state index contributed by atoms with van der Waals surface area (Å²) < 4.78 is 2.35. The molecule has 2 aromatic carbocycles. The van der Waals surface area contributed by atoms with E-state index in [2.05, 4.69) is 74.8 Å². The number of fused-ring (bicyclic) bond motifs is 1. The van der Waals surface area contributed by atoms with E-state index < -0.39 is 0 Å². The molecule has 0 amide bonds. The first-order valence-electron chi connectivity index (χ1n) is 10.4. The van der Waals surface area contributed by atoms with Crippen LogP contribution in [0.15, 0.2) is 30.3 Å². The molecule has 1 aromatic heterocycles. The van der Waals surface area contributed by atoms with E-state index in [0.717, 1.165) is 31.0 Å². The second kappa shape index (κ2) is 8.60. The van der Waals surface area contributed by atoms with Crippen LogP contribution in [0.4, 0.5) is 5.95 Å². The predicted molar refractivity (Wildman–Crippen MR) is 118 cm³/mol. The second-order valence-corrected chi connectivity index (χ2v) is 7.67. The van der Waals surface area contributed by atoms with Gasteiger partial charge in [-0.2, -0.15) is 0 Å². The first kappa shape index (κ1) is 19.5. The number of para-hydroxylation sites is 1. The van der Waals surface area contributed by atoms with Gasteiger partial charge < -0.3 is 9.88 Å². The van der Waals surface area contributed by atoms with Crippen molar-refractivity contribution in [1.82, 2.24) is 9.55 Å². The molecule has 3 aromatic rings. The Balaban J connectivity index is 2.11. The molecular formula is C24H33N3. The Morgan fingerprint density at radius 2 is 1.70 bits per heavy atom. The summed E-state index contributed by atoms with van der Waals surface area (Å²) in [4.78, 5) is 5.06. The normalized spacial score (nSPS) is 11.3. The molecule has 3 rings (SSSR count). The highest BCUT2D eigenvalue weighted by Crippen LogP contribution is 2.35. The van der Waals surface area contributed by atoms with Gasteiger partial charge in [-0.15, -0.1) is 0 Å². The van der Waals surface area contributed by atoms with Crippen molar-refractivity contribution in [2.45, 2.75) is 66.8 Å². The Hall–Kier alpha value is -2.29. The summed E-state index contributed by atoms with van der Waals surface area (Å²) in [5.41, 5.74) is 8.87. The van der Waals surface area contributed by atoms with Gasteiger partial charge in [0.05, 0.1) is 11.0 Å². The van der Waals surface area contributed by atoms with Crippen LogP contribution in [0.5, 0.6) is 0 Å². The summed E-state index contributed by atoms with van der Waals surface area (Å²) in [6.45, 7) is 13.0. The Morgan fingerprint density at radius 1 is 0.963 bits per heavy atom. The first-order chi connectivity index (χ1) is 13.1. The molecule has 0 aliphatic rings. The van der Waals surface area contributed by atoms with E-state index in [0.29, 0.717) is 0 Å². The van der Waals surface area contributed by atoms with Crippen LogP contribution in [0.25, 0.3) is 22.2 Å². The lowest BCUT2D eigenvalue weighted by Crippen LogP contribution is -2.08. The zero-order chi connectivity index (χ0) is 19.4. The van der Waals surface area contributed by atoms with Crippen LogP contribution < -0.4 is 5.32 Å². The number of anilines is 1. The van der Waals surface area contributed by atoms with E-state index in [-0.39, 0.29) is 0 Å². The minimum absolute atomic E-state index is 0.985. The molecule has 3 nitrogen and oxygen atoms in total. The zero-order valence-electron chi connectivity index (χ0n) is 17.5. The molecule has 0 saturated carbocycles. The number of aryl methyl sites for hydroxylation is 4. The van der Waals surface area contributed by atoms with Gasteiger partial charge in [0.1, 0.15) is 0 Å². The highest BCUT2D eigenvalue weighted by molar-refractivity contribution is 5.95. The summed E-state index contributed by atoms with van der Waals surface area (Å²) in [5, 5.41) is 3.59. The van der Waals surface area contributed by atoms with Gasteiger partial charge in [-0.05, 0) is 56.4 Å². The van der Waals surface area contributed by atoms with Crippen molar-refractivity contribution in [3.63, 3.8) is 0 Å². The lowest BCUT2D eigenvalue weighted by Gasteiger charge is -2.12. The summed E-state index contributed by atoms with van der Waals surface area (Å²) in [6, 6.07) is 11.1. The van der Waals surface area contributed by atoms with Gasteiger partial charge in [0.25, 0.3) is 0 Å². The number of nitrogens with zero attached hydrogens (tertiary/aromatic N) is 2. The molecule has 0 unspecified atom stereocenters. The maximum absolute atomic E-state index is 5.06. The van der Waals surface area contributed by atoms with E-state index in [4.69, 9.17) is 4.98 Å². The number of nitrogens with one attached hydrogen (secondary N) is 1. The maximum atomic E-state index is 5.06. The van der Waals surface area contributed by atoms with Crippen molar-refractivity contribution >= 4 is 17.0 Å². The standard InChI is InChI=1S/C24H33N3/c1-6-8-9-13-25-24-26-23-20(11-10-12-21(23)27(24)14-7-2)22-18(4)15-17(3)16-19(22)5/h10-12,15-16H,6-9,13-14H2,1-5H3,(H,25,26). The lowest BCUT2D eigenvalue weighted by molar-refractivity contribution is 0.690. The molecule has 0 fully saturated rings. The van der Waals surface area contributed by atoms with E-state index in [1.54, 1.807) is 0 Å². The maximum Gasteiger partial charge on any atom is 0.203 e. The van der Waals surface area contributed by atoms with Gasteiger partial charge in [-0.25, -0.2) is 4.98 Å². The average Bonchev–Trinajstić information content (AvgIpc) is 2.97. The minimum atomic E-state index is 0.985. The number of unbranched alkanes of at least 4 members (excludes halogenated alkanes) is 2. The summed E-state index contributed by atoms with van der Waals surface area (Å²) >= 11 is 0. The first-order valence-corrected chi connectivity index (χ1v) is 10.4. The number of benzene rings is 2. The highest BCUT2D eigenvalue weighted by Gasteiger charge is 2.16. The summed E-state index contributed by atoms with van der Waals surface area (Å²) in [6.07, 6.45) is 4.79. The van der Waals surface area contributed by atoms with Crippen molar-refractivity contribution in [2.75, 3.05) is 11.9 Å². The van der Waals surface area contributed by atoms with Gasteiger partial charge in [0, 0.05) is 18.7 Å². The monoisotopic (exact) mass is 363 g/mol. The molecule has 1 N–H and O–H groups in total. The molecule has 27 heavy (non-hydrogen) atoms. The van der Waals surface area contributed by atoms with Crippen LogP contribution in [0.3, 0.4) is 0 Å². The number of hydrogen-bond acceptors (Lipinski definition) is 2. The molecule has 0 atom stereocenters. The molecule has 0 aliphatic carbocycles. The van der Waals surface area contributed by atoms with Gasteiger partial charge in [0.2, 0.25) is 5.95 Å². The van der Waals surface area contributed by atoms with Crippen LogP contribution in [0.2, 0.25) is 0 Å². The van der Waals surface area contributed by atoms with Crippen LogP contribution in [-0.2, 0) is 6.54 Å². The van der Waals surface area contributed by atoms with Gasteiger partial charge in [0.15, 0.2) is 0 Å². The molecule has 144 valence electrons. The lowest BCUT2D eigenvalue weighted by atomic mass is 9.93. The third-order valence-electron chi connectivity index (χ3n) is 5.24. The molecule has 0 bridgehead atoms. The van der Waals surface area contributed by atoms with Crippen LogP contribution in [0.1, 0.15) is 56.2 Å². The molecule has 0 spiro atoms. The topological polar surface area (TPSA) is 29.9 Å². The zero-order valence-corrected chi connectivity index (χ0v) is 17.5. The number of hydrogen-bond donors (Lipinski definition) is 1. The van der Waals surface area contributed by atoms with Crippen LogP contribution in [0, 0.1) is 20.8 Å². The van der Waals surface area contributed by atoms with E-state index >= 15 is 0 Å². The largest absolute Gasteiger partial charge is 0.356 e. The van der Waals surface area contributed by atoms with Crippen molar-refractivity contribution in [1.29, 1.82) is 0 Å². The van der Waals surface area contributed by atoms with Crippen molar-refractivity contribution in [3.05, 3.63) is 47.0 Å². The fraction of sp³-hybridized carbons (Fsp3) is 0.458. The van der Waals surface area contributed by atoms with Crippen LogP contribution >= 0.6 is 0 Å². The van der Waals surface area contributed by atoms with E-state index in [9.17, 15) is 0 Å². The number of aromatic nitrogens is 2. The van der Waals surface area contributed by atoms with Crippen LogP contribution in [-0.4, -0.2) is 16.1 Å². The van der Waals surface area contributed by atoms with E-state index in [1.165, 1.54) is 52.6 Å². The highest BCUT2D eigenvalue weighted by atomic mass is 15.2. The fourth-order valence-electron chi connectivity index (χ4n) is 4.11. The van der Waals surface area contributed by atoms with Gasteiger partial charge in [-0.1, -0.05) is 56.5 Å². The minimum Gasteiger partial charge on any atom is -0.356 e. The predicted octanol–water partition coefficient (Wildman–Crippen LogP) is 6.64. The average molecular weight is 364 g/mol. The van der Waals surface area contributed by atoms with E-state index in [1.807, 2.05) is 0 Å². The second-order valence-electron chi connectivity index (χ2n) is 7.67. The van der Waals surface area contributed by atoms with Crippen molar-refractivity contribution in [2.24, 2.45) is 0 Å². The molecule has 1 heterocycles. The van der Waals surface area contributed by atoms with Gasteiger partial charge >= 0.3 is 0 Å². The molecule has 0 aliphatic heterocycles. The third kappa shape index (κ3) is 4.02. The Bertz CT molecular complexity index is 898. The van der Waals surface area contributed by atoms with Crippen molar-refractivity contribution < 1.29 is 0 Å².